The average Bonchev–Trinajstić information content (AvgIpc) is 2.72. The summed E-state index contributed by atoms with van der Waals surface area (Å²) in [5.41, 5.74) is 0.125. The van der Waals surface area contributed by atoms with Crippen molar-refractivity contribution in [3.63, 3.8) is 0 Å². The van der Waals surface area contributed by atoms with Gasteiger partial charge in [0.15, 0.2) is 11.6 Å². The first-order chi connectivity index (χ1) is 9.30. The first-order valence-corrected chi connectivity index (χ1v) is 8.09. The maximum atomic E-state index is 13.8. The fourth-order valence-corrected chi connectivity index (χ4v) is 2.66. The minimum absolute atomic E-state index is 0.104. The van der Waals surface area contributed by atoms with Crippen LogP contribution >= 0.6 is 10.7 Å². The molecular weight excluding hydrogens is 307 g/mol. The summed E-state index contributed by atoms with van der Waals surface area (Å²) in [5.74, 6) is -0.395. The molecule has 108 valence electrons. The van der Waals surface area contributed by atoms with E-state index < -0.39 is 14.9 Å². The van der Waals surface area contributed by atoms with Crippen LogP contribution in [0.5, 0.6) is 0 Å². The molecule has 0 aliphatic carbocycles. The van der Waals surface area contributed by atoms with Crippen molar-refractivity contribution in [3.05, 3.63) is 24.3 Å². The van der Waals surface area contributed by atoms with Gasteiger partial charge in [0.1, 0.15) is 0 Å². The summed E-state index contributed by atoms with van der Waals surface area (Å²) in [7, 11) is 1.27. The number of pyridine rings is 1. The molecule has 0 atom stereocenters. The lowest BCUT2D eigenvalue weighted by Crippen LogP contribution is -2.12. The van der Waals surface area contributed by atoms with Gasteiger partial charge in [-0.25, -0.2) is 12.8 Å². The minimum atomic E-state index is -4.06. The lowest BCUT2D eigenvalue weighted by atomic mass is 10.2. The normalized spacial score (nSPS) is 12.1. The summed E-state index contributed by atoms with van der Waals surface area (Å²) in [6.07, 6.45) is 2.42. The van der Waals surface area contributed by atoms with Gasteiger partial charge >= 0.3 is 0 Å². The van der Waals surface area contributed by atoms with Gasteiger partial charge in [-0.05, 0) is 12.0 Å². The highest BCUT2D eigenvalue weighted by Gasteiger charge is 2.25. The van der Waals surface area contributed by atoms with Gasteiger partial charge in [0.25, 0.3) is 14.2 Å². The van der Waals surface area contributed by atoms with Crippen LogP contribution in [0, 0.1) is 11.7 Å². The molecule has 0 spiro atoms. The first-order valence-electron chi connectivity index (χ1n) is 5.78. The van der Waals surface area contributed by atoms with E-state index in [4.69, 9.17) is 10.7 Å². The third-order valence-electron chi connectivity index (χ3n) is 2.50. The molecule has 0 bridgehead atoms. The van der Waals surface area contributed by atoms with E-state index in [1.807, 2.05) is 13.8 Å². The van der Waals surface area contributed by atoms with Crippen molar-refractivity contribution in [2.75, 3.05) is 0 Å². The van der Waals surface area contributed by atoms with Crippen molar-refractivity contribution in [1.29, 1.82) is 0 Å². The Morgan fingerprint density at radius 1 is 1.40 bits per heavy atom. The van der Waals surface area contributed by atoms with Gasteiger partial charge in [0.05, 0.1) is 11.8 Å². The van der Waals surface area contributed by atoms with E-state index in [1.54, 1.807) is 0 Å². The first kappa shape index (κ1) is 14.9. The van der Waals surface area contributed by atoms with E-state index in [2.05, 4.69) is 15.2 Å². The predicted molar refractivity (Wildman–Crippen MR) is 71.1 cm³/mol. The third-order valence-corrected chi connectivity index (χ3v) is 3.65. The van der Waals surface area contributed by atoms with Crippen LogP contribution in [0.15, 0.2) is 23.6 Å². The molecule has 0 fully saturated rings. The van der Waals surface area contributed by atoms with E-state index >= 15 is 0 Å². The smallest absolute Gasteiger partial charge is 0.296 e. The maximum Gasteiger partial charge on any atom is 0.296 e. The Morgan fingerprint density at radius 2 is 2.10 bits per heavy atom. The van der Waals surface area contributed by atoms with Crippen LogP contribution in [0.25, 0.3) is 11.4 Å². The number of halogens is 2. The zero-order chi connectivity index (χ0) is 14.9. The fraction of sp³-hybridized carbons (Fsp3) is 0.364. The lowest BCUT2D eigenvalue weighted by Gasteiger charge is -2.11. The molecule has 0 aliphatic heterocycles. The summed E-state index contributed by atoms with van der Waals surface area (Å²) >= 11 is 0. The van der Waals surface area contributed by atoms with Crippen molar-refractivity contribution < 1.29 is 12.8 Å². The largest absolute Gasteiger partial charge is 0.296 e. The standard InChI is InChI=1S/C11H12ClFN4O2S/c1-7(2)6-17-10(8-3-4-14-5-9(8)13)15-16-11(17)20(12,18)19/h3-5,7H,6H2,1-2H3. The second-order valence-electron chi connectivity index (χ2n) is 4.60. The zero-order valence-corrected chi connectivity index (χ0v) is 12.4. The molecule has 2 heterocycles. The molecule has 2 aromatic heterocycles. The number of hydrogen-bond donors (Lipinski definition) is 0. The maximum absolute atomic E-state index is 13.8. The van der Waals surface area contributed by atoms with Crippen LogP contribution < -0.4 is 0 Å². The number of aromatic nitrogens is 4. The molecule has 2 rings (SSSR count). The molecule has 0 aromatic carbocycles. The Kier molecular flexibility index (Phi) is 4.05. The summed E-state index contributed by atoms with van der Waals surface area (Å²) in [4.78, 5) is 3.64. The van der Waals surface area contributed by atoms with E-state index in [1.165, 1.54) is 16.8 Å². The van der Waals surface area contributed by atoms with Gasteiger partial charge in [-0.2, -0.15) is 0 Å². The monoisotopic (exact) mass is 318 g/mol. The molecule has 9 heteroatoms. The minimum Gasteiger partial charge on any atom is -0.296 e. The van der Waals surface area contributed by atoms with Crippen LogP contribution in [0.4, 0.5) is 4.39 Å². The van der Waals surface area contributed by atoms with E-state index in [9.17, 15) is 12.8 Å². The van der Waals surface area contributed by atoms with Crippen molar-refractivity contribution in [2.24, 2.45) is 5.92 Å². The number of rotatable bonds is 4. The number of hydrogen-bond acceptors (Lipinski definition) is 5. The van der Waals surface area contributed by atoms with Crippen LogP contribution in [0.1, 0.15) is 13.8 Å². The van der Waals surface area contributed by atoms with E-state index in [0.717, 1.165) is 6.20 Å². The summed E-state index contributed by atoms with van der Waals surface area (Å²) < 4.78 is 38.1. The number of nitrogens with zero attached hydrogens (tertiary/aromatic N) is 4. The van der Waals surface area contributed by atoms with E-state index in [0.29, 0.717) is 6.54 Å². The molecule has 0 unspecified atom stereocenters. The van der Waals surface area contributed by atoms with Gasteiger partial charge in [0, 0.05) is 23.4 Å². The van der Waals surface area contributed by atoms with Crippen molar-refractivity contribution >= 4 is 19.7 Å². The van der Waals surface area contributed by atoms with E-state index in [-0.39, 0.29) is 22.5 Å². The molecule has 0 N–H and O–H groups in total. The SMILES string of the molecule is CC(C)Cn1c(-c2ccncc2F)nnc1S(=O)(=O)Cl. The molecule has 0 amide bonds. The van der Waals surface area contributed by atoms with Crippen molar-refractivity contribution in [2.45, 2.75) is 25.5 Å². The predicted octanol–water partition coefficient (Wildman–Crippen LogP) is 2.06. The van der Waals surface area contributed by atoms with Gasteiger partial charge in [-0.3, -0.25) is 9.55 Å². The summed E-state index contributed by atoms with van der Waals surface area (Å²) in [6, 6.07) is 1.40. The topological polar surface area (TPSA) is 77.7 Å². The Balaban J connectivity index is 2.66. The highest BCUT2D eigenvalue weighted by atomic mass is 35.7. The second kappa shape index (κ2) is 5.45. The van der Waals surface area contributed by atoms with Crippen molar-refractivity contribution in [3.8, 4) is 11.4 Å². The quantitative estimate of drug-likeness (QED) is 0.806. The van der Waals surface area contributed by atoms with Crippen LogP contribution in [-0.4, -0.2) is 28.2 Å². The molecular formula is C11H12ClFN4O2S. The Bertz CT molecular complexity index is 730. The van der Waals surface area contributed by atoms with Crippen LogP contribution in [0.3, 0.4) is 0 Å². The molecule has 6 nitrogen and oxygen atoms in total. The molecule has 20 heavy (non-hydrogen) atoms. The summed E-state index contributed by atoms with van der Waals surface area (Å²) in [5, 5.41) is 6.92. The molecule has 0 radical (unpaired) electrons. The lowest BCUT2D eigenvalue weighted by molar-refractivity contribution is 0.487. The van der Waals surface area contributed by atoms with Gasteiger partial charge < -0.3 is 0 Å². The van der Waals surface area contributed by atoms with Crippen molar-refractivity contribution in [1.82, 2.24) is 19.7 Å². The Labute approximate surface area is 120 Å². The molecule has 2 aromatic rings. The van der Waals surface area contributed by atoms with Gasteiger partial charge in [-0.1, -0.05) is 13.8 Å². The van der Waals surface area contributed by atoms with Crippen LogP contribution in [0.2, 0.25) is 0 Å². The Morgan fingerprint density at radius 3 is 2.65 bits per heavy atom. The zero-order valence-electron chi connectivity index (χ0n) is 10.8. The van der Waals surface area contributed by atoms with Gasteiger partial charge in [-0.15, -0.1) is 10.2 Å². The average molecular weight is 319 g/mol. The molecule has 0 saturated carbocycles. The fourth-order valence-electron chi connectivity index (χ4n) is 1.75. The molecule has 0 aliphatic rings. The Hall–Kier alpha value is -1.54. The van der Waals surface area contributed by atoms with Crippen LogP contribution in [-0.2, 0) is 15.6 Å². The third kappa shape index (κ3) is 2.96. The highest BCUT2D eigenvalue weighted by Crippen LogP contribution is 2.25. The summed E-state index contributed by atoms with van der Waals surface area (Å²) in [6.45, 7) is 4.07. The molecule has 0 saturated heterocycles. The second-order valence-corrected chi connectivity index (χ2v) is 7.06. The van der Waals surface area contributed by atoms with Gasteiger partial charge in [0.2, 0.25) is 0 Å². The highest BCUT2D eigenvalue weighted by molar-refractivity contribution is 8.13.